The number of nitrogens with one attached hydrogen (secondary N) is 2. The first-order valence-electron chi connectivity index (χ1n) is 9.04. The van der Waals surface area contributed by atoms with Crippen molar-refractivity contribution in [1.29, 1.82) is 0 Å². The highest BCUT2D eigenvalue weighted by atomic mass is 35.5. The van der Waals surface area contributed by atoms with Gasteiger partial charge in [0.25, 0.3) is 11.7 Å². The smallest absolute Gasteiger partial charge is 0.299 e. The topological polar surface area (TPSA) is 91.5 Å². The number of halogens is 1. The second-order valence-electron chi connectivity index (χ2n) is 6.71. The molecule has 0 fully saturated rings. The molecular weight excluding hydrogens is 394 g/mol. The average molecular weight is 412 g/mol. The third-order valence-corrected chi connectivity index (χ3v) is 5.16. The molecule has 4 rings (SSSR count). The Kier molecular flexibility index (Phi) is 4.98. The number of hydrogen-bond acceptors (Lipinski definition) is 4. The standard InChI is InChI=1S/C21H18ClN3O4/c1-29-14-3-4-17-15(9-14)12(10-24-17)6-7-23-19(26)11-25-18-5-2-13(22)8-16(18)20(27)21(25)28/h2-5,8-10,24H,6-7,11H2,1H3,(H,23,26). The molecule has 0 aliphatic carbocycles. The number of hydrogen-bond donors (Lipinski definition) is 2. The summed E-state index contributed by atoms with van der Waals surface area (Å²) >= 11 is 5.90. The number of fused-ring (bicyclic) bond motifs is 2. The molecule has 2 N–H and O–H groups in total. The number of benzene rings is 2. The van der Waals surface area contributed by atoms with Crippen molar-refractivity contribution in [3.8, 4) is 5.75 Å². The van der Waals surface area contributed by atoms with Gasteiger partial charge in [-0.15, -0.1) is 0 Å². The summed E-state index contributed by atoms with van der Waals surface area (Å²) in [5.74, 6) is -0.950. The molecule has 3 aromatic rings. The first-order valence-corrected chi connectivity index (χ1v) is 9.42. The van der Waals surface area contributed by atoms with Gasteiger partial charge in [-0.05, 0) is 48.4 Å². The number of anilines is 1. The van der Waals surface area contributed by atoms with Crippen LogP contribution in [-0.4, -0.2) is 42.8 Å². The van der Waals surface area contributed by atoms with Crippen LogP contribution in [0.25, 0.3) is 10.9 Å². The largest absolute Gasteiger partial charge is 0.497 e. The Labute approximate surface area is 171 Å². The highest BCUT2D eigenvalue weighted by Crippen LogP contribution is 2.31. The zero-order valence-electron chi connectivity index (χ0n) is 15.6. The van der Waals surface area contributed by atoms with Crippen LogP contribution in [0, 0.1) is 0 Å². The summed E-state index contributed by atoms with van der Waals surface area (Å²) in [5, 5.41) is 4.20. The van der Waals surface area contributed by atoms with Crippen LogP contribution in [0.5, 0.6) is 5.75 Å². The number of aromatic amines is 1. The molecule has 148 valence electrons. The normalized spacial score (nSPS) is 13.1. The van der Waals surface area contributed by atoms with E-state index in [2.05, 4.69) is 10.3 Å². The van der Waals surface area contributed by atoms with Crippen molar-refractivity contribution in [2.75, 3.05) is 25.1 Å². The lowest BCUT2D eigenvalue weighted by Crippen LogP contribution is -2.40. The maximum Gasteiger partial charge on any atom is 0.299 e. The van der Waals surface area contributed by atoms with Gasteiger partial charge in [0, 0.05) is 28.7 Å². The number of carbonyl (C=O) groups is 3. The number of nitrogens with zero attached hydrogens (tertiary/aromatic N) is 1. The van der Waals surface area contributed by atoms with E-state index in [1.807, 2.05) is 24.4 Å². The van der Waals surface area contributed by atoms with Crippen molar-refractivity contribution in [3.05, 3.63) is 58.7 Å². The number of rotatable bonds is 6. The summed E-state index contributed by atoms with van der Waals surface area (Å²) in [7, 11) is 1.62. The predicted octanol–water partition coefficient (Wildman–Crippen LogP) is 2.72. The third-order valence-electron chi connectivity index (χ3n) is 4.93. The molecule has 1 aromatic heterocycles. The second-order valence-corrected chi connectivity index (χ2v) is 7.14. The Morgan fingerprint density at radius 2 is 2.03 bits per heavy atom. The molecule has 2 aromatic carbocycles. The number of ether oxygens (including phenoxy) is 1. The fraction of sp³-hybridized carbons (Fsp3) is 0.190. The maximum absolute atomic E-state index is 12.4. The molecular formula is C21H18ClN3O4. The van der Waals surface area contributed by atoms with Crippen LogP contribution in [0.1, 0.15) is 15.9 Å². The molecule has 2 heterocycles. The monoisotopic (exact) mass is 411 g/mol. The summed E-state index contributed by atoms with van der Waals surface area (Å²) in [6, 6.07) is 10.4. The van der Waals surface area contributed by atoms with E-state index in [0.717, 1.165) is 22.2 Å². The van der Waals surface area contributed by atoms with Gasteiger partial charge >= 0.3 is 0 Å². The number of amides is 2. The summed E-state index contributed by atoms with van der Waals surface area (Å²) in [6.07, 6.45) is 2.51. The Bertz CT molecular complexity index is 1140. The first kappa shape index (κ1) is 19.0. The lowest BCUT2D eigenvalue weighted by molar-refractivity contribution is -0.122. The van der Waals surface area contributed by atoms with Crippen LogP contribution in [-0.2, 0) is 16.0 Å². The molecule has 8 heteroatoms. The minimum Gasteiger partial charge on any atom is -0.497 e. The Balaban J connectivity index is 1.39. The van der Waals surface area contributed by atoms with Gasteiger partial charge in [-0.2, -0.15) is 0 Å². The fourth-order valence-corrected chi connectivity index (χ4v) is 3.63. The van der Waals surface area contributed by atoms with E-state index in [1.54, 1.807) is 19.2 Å². The molecule has 0 saturated carbocycles. The van der Waals surface area contributed by atoms with Crippen molar-refractivity contribution < 1.29 is 19.1 Å². The van der Waals surface area contributed by atoms with E-state index in [1.165, 1.54) is 11.0 Å². The fourth-order valence-electron chi connectivity index (χ4n) is 3.46. The number of Topliss-reactive ketones (excluding diaryl/α,β-unsaturated/α-hetero) is 1. The third kappa shape index (κ3) is 3.56. The quantitative estimate of drug-likeness (QED) is 0.610. The van der Waals surface area contributed by atoms with Gasteiger partial charge in [0.05, 0.1) is 18.4 Å². The number of methoxy groups -OCH3 is 1. The van der Waals surface area contributed by atoms with Crippen molar-refractivity contribution in [1.82, 2.24) is 10.3 Å². The molecule has 0 unspecified atom stereocenters. The van der Waals surface area contributed by atoms with Crippen LogP contribution in [0.2, 0.25) is 5.02 Å². The van der Waals surface area contributed by atoms with Gasteiger partial charge in [-0.1, -0.05) is 11.6 Å². The zero-order valence-corrected chi connectivity index (χ0v) is 16.4. The van der Waals surface area contributed by atoms with Crippen LogP contribution in [0.3, 0.4) is 0 Å². The first-order chi connectivity index (χ1) is 14.0. The van der Waals surface area contributed by atoms with Crippen LogP contribution < -0.4 is 15.0 Å². The molecule has 1 aliphatic rings. The maximum atomic E-state index is 12.4. The Morgan fingerprint density at radius 3 is 2.83 bits per heavy atom. The Hall–Kier alpha value is -3.32. The second kappa shape index (κ2) is 7.60. The molecule has 0 saturated heterocycles. The molecule has 1 aliphatic heterocycles. The van der Waals surface area contributed by atoms with Gasteiger partial charge in [-0.3, -0.25) is 19.3 Å². The highest BCUT2D eigenvalue weighted by Gasteiger charge is 2.36. The highest BCUT2D eigenvalue weighted by molar-refractivity contribution is 6.53. The molecule has 0 spiro atoms. The van der Waals surface area contributed by atoms with Crippen molar-refractivity contribution in [3.63, 3.8) is 0 Å². The molecule has 0 atom stereocenters. The summed E-state index contributed by atoms with van der Waals surface area (Å²) in [6.45, 7) is 0.174. The van der Waals surface area contributed by atoms with Crippen LogP contribution in [0.4, 0.5) is 5.69 Å². The summed E-state index contributed by atoms with van der Waals surface area (Å²) in [4.78, 5) is 41.0. The van der Waals surface area contributed by atoms with Gasteiger partial charge in [0.2, 0.25) is 5.91 Å². The number of ketones is 1. The van der Waals surface area contributed by atoms with E-state index in [9.17, 15) is 14.4 Å². The molecule has 0 radical (unpaired) electrons. The summed E-state index contributed by atoms with van der Waals surface area (Å²) < 4.78 is 5.26. The van der Waals surface area contributed by atoms with Gasteiger partial charge in [0.1, 0.15) is 12.3 Å². The van der Waals surface area contributed by atoms with Crippen LogP contribution in [0.15, 0.2) is 42.6 Å². The van der Waals surface area contributed by atoms with E-state index in [4.69, 9.17) is 16.3 Å². The van der Waals surface area contributed by atoms with Crippen molar-refractivity contribution in [2.24, 2.45) is 0 Å². The number of carbonyl (C=O) groups excluding carboxylic acids is 3. The molecule has 7 nitrogen and oxygen atoms in total. The van der Waals surface area contributed by atoms with Crippen molar-refractivity contribution in [2.45, 2.75) is 6.42 Å². The number of H-pyrrole nitrogens is 1. The van der Waals surface area contributed by atoms with E-state index in [0.29, 0.717) is 23.7 Å². The predicted molar refractivity (Wildman–Crippen MR) is 110 cm³/mol. The van der Waals surface area contributed by atoms with Gasteiger partial charge < -0.3 is 15.0 Å². The van der Waals surface area contributed by atoms with E-state index in [-0.39, 0.29) is 18.0 Å². The zero-order chi connectivity index (χ0) is 20.5. The van der Waals surface area contributed by atoms with E-state index >= 15 is 0 Å². The Morgan fingerprint density at radius 1 is 1.21 bits per heavy atom. The lowest BCUT2D eigenvalue weighted by Gasteiger charge is -2.16. The molecule has 0 bridgehead atoms. The van der Waals surface area contributed by atoms with Gasteiger partial charge in [0.15, 0.2) is 0 Å². The molecule has 29 heavy (non-hydrogen) atoms. The lowest BCUT2D eigenvalue weighted by atomic mass is 10.1. The minimum atomic E-state index is -0.721. The minimum absolute atomic E-state index is 0.221. The molecule has 2 amide bonds. The van der Waals surface area contributed by atoms with Crippen molar-refractivity contribution >= 4 is 45.8 Å². The van der Waals surface area contributed by atoms with Crippen LogP contribution >= 0.6 is 11.6 Å². The summed E-state index contributed by atoms with van der Waals surface area (Å²) in [5.41, 5.74) is 2.67. The van der Waals surface area contributed by atoms with E-state index < -0.39 is 11.7 Å². The number of aromatic nitrogens is 1. The van der Waals surface area contributed by atoms with Gasteiger partial charge in [-0.25, -0.2) is 0 Å². The SMILES string of the molecule is COc1ccc2[nH]cc(CCNC(=O)CN3C(=O)C(=O)c4cc(Cl)ccc43)c2c1. The average Bonchev–Trinajstić information content (AvgIpc) is 3.22.